The molecule has 2 amide bonds. The van der Waals surface area contributed by atoms with E-state index in [0.29, 0.717) is 28.4 Å². The van der Waals surface area contributed by atoms with Crippen LogP contribution in [-0.2, 0) is 23.1 Å². The second-order valence-electron chi connectivity index (χ2n) is 7.03. The van der Waals surface area contributed by atoms with Crippen LogP contribution in [-0.4, -0.2) is 46.6 Å². The van der Waals surface area contributed by atoms with Crippen molar-refractivity contribution in [3.63, 3.8) is 0 Å². The molecule has 0 bridgehead atoms. The molecular formula is C21H23ClN5O3+. The molecule has 9 heteroatoms. The van der Waals surface area contributed by atoms with E-state index in [1.54, 1.807) is 38.2 Å². The van der Waals surface area contributed by atoms with Crippen LogP contribution in [0.25, 0.3) is 0 Å². The Balaban J connectivity index is 1.91. The lowest BCUT2D eigenvalue weighted by molar-refractivity contribution is -0.671. The number of carbonyl (C=O) groups excluding carboxylic acids is 2. The van der Waals surface area contributed by atoms with E-state index in [-0.39, 0.29) is 19.2 Å². The lowest BCUT2D eigenvalue weighted by Crippen LogP contribution is -2.49. The number of nitrogens with zero attached hydrogens (tertiary/aromatic N) is 5. The molecule has 1 aliphatic rings. The van der Waals surface area contributed by atoms with Crippen molar-refractivity contribution in [3.05, 3.63) is 64.8 Å². The first-order valence-electron chi connectivity index (χ1n) is 9.39. The minimum Gasteiger partial charge on any atom is -0.458 e. The highest BCUT2D eigenvalue weighted by Gasteiger charge is 2.41. The van der Waals surface area contributed by atoms with Crippen molar-refractivity contribution < 1.29 is 18.9 Å². The lowest BCUT2D eigenvalue weighted by atomic mass is 9.93. The van der Waals surface area contributed by atoms with Gasteiger partial charge in [-0.15, -0.1) is 0 Å². The molecule has 1 atom stereocenters. The predicted molar refractivity (Wildman–Crippen MR) is 109 cm³/mol. The maximum absolute atomic E-state index is 13.1. The quantitative estimate of drug-likeness (QED) is 0.402. The molecular weight excluding hydrogens is 406 g/mol. The summed E-state index contributed by atoms with van der Waals surface area (Å²) in [5, 5.41) is 9.81. The van der Waals surface area contributed by atoms with Gasteiger partial charge in [0.25, 0.3) is 0 Å². The van der Waals surface area contributed by atoms with Gasteiger partial charge in [-0.3, -0.25) is 4.90 Å². The number of benzene rings is 1. The Hall–Kier alpha value is -3.31. The molecule has 1 unspecified atom stereocenters. The summed E-state index contributed by atoms with van der Waals surface area (Å²) in [7, 11) is 3.49. The summed E-state index contributed by atoms with van der Waals surface area (Å²) >= 11 is 6.01. The fourth-order valence-electron chi connectivity index (χ4n) is 3.42. The van der Waals surface area contributed by atoms with Crippen LogP contribution in [0.3, 0.4) is 0 Å². The van der Waals surface area contributed by atoms with E-state index >= 15 is 0 Å². The highest BCUT2D eigenvalue weighted by molar-refractivity contribution is 6.30. The molecule has 0 fully saturated rings. The highest BCUT2D eigenvalue weighted by atomic mass is 35.5. The van der Waals surface area contributed by atoms with Gasteiger partial charge in [-0.05, 0) is 24.6 Å². The van der Waals surface area contributed by atoms with Gasteiger partial charge in [-0.1, -0.05) is 23.7 Å². The van der Waals surface area contributed by atoms with Crippen molar-refractivity contribution in [2.75, 3.05) is 20.2 Å². The van der Waals surface area contributed by atoms with Crippen molar-refractivity contribution >= 4 is 23.6 Å². The number of hydrogen-bond acceptors (Lipinski definition) is 4. The number of esters is 1. The number of ether oxygens (including phenoxy) is 1. The molecule has 0 N–H and O–H groups in total. The summed E-state index contributed by atoms with van der Waals surface area (Å²) in [6.45, 7) is 2.21. The molecule has 0 saturated carbocycles. The Morgan fingerprint density at radius 3 is 2.63 bits per heavy atom. The maximum atomic E-state index is 13.1. The molecule has 0 saturated heterocycles. The van der Waals surface area contributed by atoms with Crippen LogP contribution in [0.1, 0.15) is 18.5 Å². The molecule has 8 nitrogen and oxygen atoms in total. The fourth-order valence-corrected chi connectivity index (χ4v) is 3.55. The normalized spacial score (nSPS) is 16.6. The number of hydrogen-bond donors (Lipinski definition) is 0. The fraction of sp³-hybridized carbons (Fsp3) is 0.333. The molecule has 2 aromatic rings. The van der Waals surface area contributed by atoms with E-state index in [4.69, 9.17) is 16.3 Å². The highest BCUT2D eigenvalue weighted by Crippen LogP contribution is 2.37. The molecule has 3 rings (SSSR count). The van der Waals surface area contributed by atoms with Crippen LogP contribution < -0.4 is 4.57 Å². The molecule has 156 valence electrons. The summed E-state index contributed by atoms with van der Waals surface area (Å²) < 4.78 is 9.35. The lowest BCUT2D eigenvalue weighted by Gasteiger charge is -2.40. The third-order valence-corrected chi connectivity index (χ3v) is 5.32. The number of aryl methyl sites for hydroxylation is 1. The van der Waals surface area contributed by atoms with Gasteiger partial charge in [-0.2, -0.15) is 5.26 Å². The molecule has 2 heterocycles. The van der Waals surface area contributed by atoms with E-state index in [1.165, 1.54) is 9.80 Å². The first kappa shape index (κ1) is 21.4. The first-order chi connectivity index (χ1) is 14.3. The number of nitriles is 1. The molecule has 1 aliphatic heterocycles. The molecule has 1 aromatic carbocycles. The van der Waals surface area contributed by atoms with Crippen LogP contribution in [0.15, 0.2) is 54.3 Å². The van der Waals surface area contributed by atoms with Gasteiger partial charge in [0, 0.05) is 17.8 Å². The van der Waals surface area contributed by atoms with E-state index in [9.17, 15) is 14.9 Å². The Morgan fingerprint density at radius 1 is 1.33 bits per heavy atom. The Morgan fingerprint density at radius 2 is 2.03 bits per heavy atom. The van der Waals surface area contributed by atoms with Gasteiger partial charge in [0.2, 0.25) is 6.33 Å². The number of aromatic nitrogens is 2. The zero-order valence-corrected chi connectivity index (χ0v) is 17.8. The van der Waals surface area contributed by atoms with Gasteiger partial charge in [0.15, 0.2) is 0 Å². The van der Waals surface area contributed by atoms with Crippen molar-refractivity contribution in [3.8, 4) is 6.07 Å². The van der Waals surface area contributed by atoms with Crippen LogP contribution in [0.5, 0.6) is 0 Å². The summed E-state index contributed by atoms with van der Waals surface area (Å²) in [6.07, 6.45) is 5.67. The minimum absolute atomic E-state index is 0.166. The standard InChI is InChI=1S/C21H23ClN5O3/c1-15-18(20(28)30-13-12-26-11-10-24(2)14-26)19(16-4-6-17(22)7-5-16)27(9-8-23)21(29)25(15)3/h4-7,10-11,14,19H,9,12-13H2,1-3H3/q+1. The monoisotopic (exact) mass is 428 g/mol. The number of rotatable bonds is 6. The van der Waals surface area contributed by atoms with Crippen LogP contribution in [0, 0.1) is 11.3 Å². The van der Waals surface area contributed by atoms with Crippen molar-refractivity contribution in [2.45, 2.75) is 19.5 Å². The second-order valence-corrected chi connectivity index (χ2v) is 7.47. The van der Waals surface area contributed by atoms with Gasteiger partial charge >= 0.3 is 12.0 Å². The average molecular weight is 429 g/mol. The number of halogens is 1. The molecule has 0 aliphatic carbocycles. The van der Waals surface area contributed by atoms with Crippen molar-refractivity contribution in [1.29, 1.82) is 5.26 Å². The van der Waals surface area contributed by atoms with E-state index in [2.05, 4.69) is 0 Å². The van der Waals surface area contributed by atoms with Gasteiger partial charge < -0.3 is 9.64 Å². The van der Waals surface area contributed by atoms with Crippen LogP contribution in [0.2, 0.25) is 5.02 Å². The topological polar surface area (TPSA) is 82.5 Å². The van der Waals surface area contributed by atoms with Crippen LogP contribution >= 0.6 is 11.6 Å². The number of imidazole rings is 1. The largest absolute Gasteiger partial charge is 0.458 e. The first-order valence-corrected chi connectivity index (χ1v) is 9.77. The predicted octanol–water partition coefficient (Wildman–Crippen LogP) is 2.42. The Labute approximate surface area is 180 Å². The number of urea groups is 1. The molecule has 30 heavy (non-hydrogen) atoms. The smallest absolute Gasteiger partial charge is 0.338 e. The number of amides is 2. The Bertz CT molecular complexity index is 1020. The third-order valence-electron chi connectivity index (χ3n) is 5.06. The molecule has 0 radical (unpaired) electrons. The van der Waals surface area contributed by atoms with Crippen molar-refractivity contribution in [2.24, 2.45) is 7.05 Å². The number of allylic oxidation sites excluding steroid dienone is 1. The van der Waals surface area contributed by atoms with E-state index < -0.39 is 12.0 Å². The number of carbonyl (C=O) groups is 2. The summed E-state index contributed by atoms with van der Waals surface area (Å²) in [4.78, 5) is 28.6. The molecule has 1 aromatic heterocycles. The SMILES string of the molecule is CC1=C(C(=O)OCCn2cc[n+](C)c2)C(c2ccc(Cl)cc2)N(CC#N)C(=O)N1C. The summed E-state index contributed by atoms with van der Waals surface area (Å²) in [5.41, 5.74) is 1.50. The summed E-state index contributed by atoms with van der Waals surface area (Å²) in [6, 6.07) is 7.79. The van der Waals surface area contributed by atoms with Crippen LogP contribution in [0.4, 0.5) is 4.79 Å². The zero-order valence-electron chi connectivity index (χ0n) is 17.1. The minimum atomic E-state index is -0.734. The van der Waals surface area contributed by atoms with Crippen molar-refractivity contribution in [1.82, 2.24) is 14.4 Å². The molecule has 0 spiro atoms. The Kier molecular flexibility index (Phi) is 6.43. The summed E-state index contributed by atoms with van der Waals surface area (Å²) in [5.74, 6) is -0.522. The van der Waals surface area contributed by atoms with Gasteiger partial charge in [0.05, 0.1) is 24.7 Å². The van der Waals surface area contributed by atoms with E-state index in [0.717, 1.165) is 0 Å². The average Bonchev–Trinajstić information content (AvgIpc) is 3.14. The third kappa shape index (κ3) is 4.31. The maximum Gasteiger partial charge on any atom is 0.338 e. The second kappa shape index (κ2) is 9.01. The van der Waals surface area contributed by atoms with Gasteiger partial charge in [-0.25, -0.2) is 18.7 Å². The zero-order chi connectivity index (χ0) is 21.8. The van der Waals surface area contributed by atoms with E-state index in [1.807, 2.05) is 41.0 Å². The van der Waals surface area contributed by atoms with Gasteiger partial charge in [0.1, 0.15) is 32.1 Å².